The number of benzene rings is 3. The number of esters is 3. The first-order valence-electron chi connectivity index (χ1n) is 26.4. The molecule has 6 heterocycles. The fraction of sp³-hybridized carbons (Fsp3) is 0.379. The van der Waals surface area contributed by atoms with E-state index >= 15 is 0 Å². The first-order valence-corrected chi connectivity index (χ1v) is 27.5. The van der Waals surface area contributed by atoms with Crippen molar-refractivity contribution < 1.29 is 114 Å². The molecule has 29 heteroatoms. The van der Waals surface area contributed by atoms with Crippen molar-refractivity contribution >= 4 is 30.1 Å². The molecule has 0 radical (unpaired) electrons. The molecule has 0 fully saturated rings. The normalized spacial score (nSPS) is 15.5. The quantitative estimate of drug-likeness (QED) is 0.0451. The van der Waals surface area contributed by atoms with Gasteiger partial charge in [0.05, 0.1) is 39.6 Å². The highest BCUT2D eigenvalue weighted by Gasteiger charge is 2.32. The number of alkyl halides is 6. The minimum absolute atomic E-state index is 0.0124. The van der Waals surface area contributed by atoms with Crippen molar-refractivity contribution in [2.24, 2.45) is 0 Å². The van der Waals surface area contributed by atoms with Crippen molar-refractivity contribution in [3.8, 4) is 51.0 Å². The minimum Gasteiger partial charge on any atom is -0.472 e. The van der Waals surface area contributed by atoms with Gasteiger partial charge in [-0.1, -0.05) is 0 Å². The van der Waals surface area contributed by atoms with Gasteiger partial charge in [-0.25, -0.2) is 55.7 Å². The van der Waals surface area contributed by atoms with Gasteiger partial charge < -0.3 is 42.6 Å². The number of ether oxygens (including phenoxy) is 9. The molecule has 15 nitrogen and oxygen atoms in total. The molecule has 0 saturated carbocycles. The van der Waals surface area contributed by atoms with E-state index < -0.39 is 91.0 Å². The Hall–Kier alpha value is -7.76. The summed E-state index contributed by atoms with van der Waals surface area (Å²) in [6.07, 6.45) is 1.26. The van der Waals surface area contributed by atoms with Crippen LogP contribution in [0.1, 0.15) is 88.2 Å². The maximum Gasteiger partial charge on any atom is 0.357 e. The zero-order valence-corrected chi connectivity index (χ0v) is 47.3. The summed E-state index contributed by atoms with van der Waals surface area (Å²) in [5.41, 5.74) is 2.20. The Kier molecular flexibility index (Phi) is 25.8. The van der Waals surface area contributed by atoms with Crippen molar-refractivity contribution in [2.45, 2.75) is 97.4 Å². The molecule has 3 aliphatic heterocycles. The van der Waals surface area contributed by atoms with Crippen molar-refractivity contribution in [1.82, 2.24) is 15.0 Å². The van der Waals surface area contributed by atoms with E-state index in [1.54, 1.807) is 20.8 Å². The summed E-state index contributed by atoms with van der Waals surface area (Å²) >= 11 is 0.250. The van der Waals surface area contributed by atoms with Crippen LogP contribution in [0.3, 0.4) is 0 Å². The Balaban J connectivity index is 0.000000204. The lowest BCUT2D eigenvalue weighted by molar-refractivity contribution is -0.146. The molecule has 3 aromatic carbocycles. The van der Waals surface area contributed by atoms with E-state index in [1.165, 1.54) is 42.7 Å². The molecule has 470 valence electrons. The van der Waals surface area contributed by atoms with Gasteiger partial charge in [-0.3, -0.25) is 0 Å². The number of pyridine rings is 3. The van der Waals surface area contributed by atoms with Crippen LogP contribution in [-0.2, 0) is 47.7 Å². The highest BCUT2D eigenvalue weighted by molar-refractivity contribution is 7.93. The molecule has 3 aliphatic rings. The molecule has 0 bridgehead atoms. The average Bonchev–Trinajstić information content (AvgIpc) is 1.49. The fourth-order valence-corrected chi connectivity index (χ4v) is 8.89. The summed E-state index contributed by atoms with van der Waals surface area (Å²) in [4.78, 5) is 48.7. The van der Waals surface area contributed by atoms with E-state index in [0.717, 1.165) is 36.4 Å². The lowest BCUT2D eigenvalue weighted by Gasteiger charge is -2.27. The molecule has 1 unspecified atom stereocenters. The second kappa shape index (κ2) is 32.8. The Morgan fingerprint density at radius 1 is 0.460 bits per heavy atom. The second-order valence-corrected chi connectivity index (χ2v) is 18.6. The molecule has 87 heavy (non-hydrogen) atoms. The van der Waals surface area contributed by atoms with Gasteiger partial charge in [-0.2, -0.15) is 30.2 Å². The third kappa shape index (κ3) is 19.1. The number of fused-ring (bicyclic) bond motifs is 3. The van der Waals surface area contributed by atoms with E-state index in [0.29, 0.717) is 71.9 Å². The fourth-order valence-electron chi connectivity index (χ4n) is 8.89. The van der Waals surface area contributed by atoms with Gasteiger partial charge >= 0.3 is 37.7 Å². The third-order valence-corrected chi connectivity index (χ3v) is 12.6. The van der Waals surface area contributed by atoms with Crippen LogP contribution >= 0.6 is 12.1 Å². The van der Waals surface area contributed by atoms with E-state index in [1.807, 2.05) is 0 Å². The maximum absolute atomic E-state index is 14.4. The number of carbonyl (C=O) groups excluding carboxylic acids is 3. The Morgan fingerprint density at radius 2 is 0.713 bits per heavy atom. The SMILES string of the molecule is CCOC(=O)c1cc(-c2ccc(F)cc2F)c2c(n1)OC(COC(F)F)CC2.CCOC(=O)c1cc(-c2ccc(F)cc2F)c2c(n1)O[C@@H](COC(F)F)CC2.CCOC(=O)c1cc(-c2ccc(F)cc2F)c2c(n1)O[C@H](COC(F)F)CC2.CSF. The van der Waals surface area contributed by atoms with Crippen LogP contribution in [0.2, 0.25) is 0 Å². The zero-order valence-electron chi connectivity index (χ0n) is 46.4. The summed E-state index contributed by atoms with van der Waals surface area (Å²) in [5, 5.41) is 0. The summed E-state index contributed by atoms with van der Waals surface area (Å²) < 4.78 is 211. The van der Waals surface area contributed by atoms with Crippen LogP contribution in [0.4, 0.5) is 56.6 Å². The molecule has 0 saturated heterocycles. The average molecular weight is 1260 g/mol. The van der Waals surface area contributed by atoms with Gasteiger partial charge in [-0.15, -0.1) is 0 Å². The number of hydrogen-bond donors (Lipinski definition) is 0. The Morgan fingerprint density at radius 3 is 0.931 bits per heavy atom. The number of rotatable bonds is 18. The summed E-state index contributed by atoms with van der Waals surface area (Å²) in [7, 11) is 0. The molecular formula is C58H54F13N3O12S. The predicted molar refractivity (Wildman–Crippen MR) is 285 cm³/mol. The number of hydrogen-bond acceptors (Lipinski definition) is 16. The predicted octanol–water partition coefficient (Wildman–Crippen LogP) is 13.6. The van der Waals surface area contributed by atoms with Crippen LogP contribution in [0.25, 0.3) is 33.4 Å². The van der Waals surface area contributed by atoms with Gasteiger partial charge in [0.1, 0.15) is 53.2 Å². The molecule has 0 amide bonds. The van der Waals surface area contributed by atoms with Gasteiger partial charge in [0.2, 0.25) is 17.6 Å². The lowest BCUT2D eigenvalue weighted by Crippen LogP contribution is -2.30. The summed E-state index contributed by atoms with van der Waals surface area (Å²) in [6.45, 7) is -4.74. The van der Waals surface area contributed by atoms with Gasteiger partial charge in [0.15, 0.2) is 17.1 Å². The highest BCUT2D eigenvalue weighted by Crippen LogP contribution is 2.40. The Labute approximate surface area is 493 Å². The van der Waals surface area contributed by atoms with E-state index in [-0.39, 0.29) is 103 Å². The highest BCUT2D eigenvalue weighted by atomic mass is 32.2. The van der Waals surface area contributed by atoms with Gasteiger partial charge in [-0.05, 0) is 131 Å². The first-order chi connectivity index (χ1) is 41.6. The monoisotopic (exact) mass is 1260 g/mol. The van der Waals surface area contributed by atoms with E-state index in [2.05, 4.69) is 29.2 Å². The number of nitrogens with zero attached hydrogens (tertiary/aromatic N) is 3. The summed E-state index contributed by atoms with van der Waals surface area (Å²) in [5.74, 6) is -6.86. The van der Waals surface area contributed by atoms with Crippen molar-refractivity contribution in [3.05, 3.63) is 141 Å². The van der Waals surface area contributed by atoms with Crippen LogP contribution < -0.4 is 14.2 Å². The first kappa shape index (κ1) is 68.4. The molecule has 0 N–H and O–H groups in total. The van der Waals surface area contributed by atoms with Crippen LogP contribution in [0.15, 0.2) is 72.8 Å². The largest absolute Gasteiger partial charge is 0.472 e. The standard InChI is InChI=1S/3C19H17F4NO4.CH3FS/c3*1-2-26-18(25)16-8-14(12-5-3-10(20)7-15(12)21)13-6-4-11(9-27-19(22)23)28-17(13)24-16;1-3-2/h3*3,5,7-8,11,19H,2,4,6,9H2,1H3;1H3/t2*11-;;/m10../s1. The third-order valence-electron chi connectivity index (χ3n) is 12.6. The lowest BCUT2D eigenvalue weighted by atomic mass is 9.94. The van der Waals surface area contributed by atoms with Crippen molar-refractivity contribution in [2.75, 3.05) is 45.9 Å². The van der Waals surface area contributed by atoms with Crippen LogP contribution in [-0.4, -0.2) is 117 Å². The van der Waals surface area contributed by atoms with Crippen molar-refractivity contribution in [1.29, 1.82) is 0 Å². The molecule has 3 aromatic heterocycles. The van der Waals surface area contributed by atoms with E-state index in [9.17, 15) is 71.0 Å². The maximum atomic E-state index is 14.4. The van der Waals surface area contributed by atoms with Crippen LogP contribution in [0.5, 0.6) is 17.6 Å². The zero-order chi connectivity index (χ0) is 63.5. The van der Waals surface area contributed by atoms with E-state index in [4.69, 9.17) is 28.4 Å². The summed E-state index contributed by atoms with van der Waals surface area (Å²) in [6, 6.07) is 13.3. The molecular weight excluding hydrogens is 1210 g/mol. The minimum atomic E-state index is -2.94. The number of halogens is 13. The number of aromatic nitrogens is 3. The molecule has 0 aliphatic carbocycles. The topological polar surface area (TPSA) is 173 Å². The molecule has 3 atom stereocenters. The van der Waals surface area contributed by atoms with Crippen LogP contribution in [0, 0.1) is 34.9 Å². The molecule has 0 spiro atoms. The second-order valence-electron chi connectivity index (χ2n) is 18.3. The van der Waals surface area contributed by atoms with Crippen molar-refractivity contribution in [3.63, 3.8) is 0 Å². The smallest absolute Gasteiger partial charge is 0.357 e. The molecule has 9 rings (SSSR count). The number of carbonyl (C=O) groups is 3. The van der Waals surface area contributed by atoms with Gasteiger partial charge in [0, 0.05) is 70.0 Å². The molecule has 6 aromatic rings. The van der Waals surface area contributed by atoms with Gasteiger partial charge in [0.25, 0.3) is 0 Å². The Bertz CT molecular complexity index is 3000.